The molecule has 1 aromatic heterocycles. The first-order valence-corrected chi connectivity index (χ1v) is 6.05. The zero-order valence-electron chi connectivity index (χ0n) is 9.88. The van der Waals surface area contributed by atoms with E-state index in [9.17, 15) is 0 Å². The van der Waals surface area contributed by atoms with Crippen molar-refractivity contribution < 1.29 is 4.74 Å². The van der Waals surface area contributed by atoms with Crippen LogP contribution in [0.1, 0.15) is 0 Å². The summed E-state index contributed by atoms with van der Waals surface area (Å²) in [6.45, 7) is 0. The summed E-state index contributed by atoms with van der Waals surface area (Å²) in [7, 11) is 0. The van der Waals surface area contributed by atoms with Gasteiger partial charge in [-0.2, -0.15) is 4.98 Å². The maximum Gasteiger partial charge on any atom is 0.322 e. The third-order valence-electron chi connectivity index (χ3n) is 2.66. The highest BCUT2D eigenvalue weighted by Crippen LogP contribution is 2.33. The summed E-state index contributed by atoms with van der Waals surface area (Å²) < 4.78 is 5.57. The maximum absolute atomic E-state index is 6.04. The first-order chi connectivity index (χ1) is 9.24. The summed E-state index contributed by atoms with van der Waals surface area (Å²) in [6, 6.07) is 13.0. The van der Waals surface area contributed by atoms with Gasteiger partial charge in [-0.15, -0.1) is 0 Å². The van der Waals surface area contributed by atoms with Crippen LogP contribution in [0.5, 0.6) is 11.8 Å². The van der Waals surface area contributed by atoms with E-state index >= 15 is 0 Å². The molecule has 5 heteroatoms. The second-order valence-electron chi connectivity index (χ2n) is 3.97. The van der Waals surface area contributed by atoms with Gasteiger partial charge in [0, 0.05) is 11.6 Å². The molecule has 0 aliphatic heterocycles. The quantitative estimate of drug-likeness (QED) is 0.723. The number of aromatic nitrogens is 2. The van der Waals surface area contributed by atoms with Gasteiger partial charge in [0.05, 0.1) is 16.2 Å². The molecule has 0 saturated heterocycles. The van der Waals surface area contributed by atoms with Crippen LogP contribution in [0.25, 0.3) is 10.9 Å². The minimum atomic E-state index is 0.221. The fourth-order valence-electron chi connectivity index (χ4n) is 1.73. The molecule has 94 valence electrons. The number of benzene rings is 2. The summed E-state index contributed by atoms with van der Waals surface area (Å²) in [5, 5.41) is 1.37. The molecule has 3 rings (SSSR count). The minimum Gasteiger partial charge on any atom is -0.420 e. The largest absolute Gasteiger partial charge is 0.420 e. The van der Waals surface area contributed by atoms with E-state index in [-0.39, 0.29) is 6.01 Å². The lowest BCUT2D eigenvalue weighted by Crippen LogP contribution is -1.96. The fourth-order valence-corrected chi connectivity index (χ4v) is 1.95. The van der Waals surface area contributed by atoms with Gasteiger partial charge in [0.2, 0.25) is 0 Å². The van der Waals surface area contributed by atoms with E-state index in [1.54, 1.807) is 24.4 Å². The molecule has 0 aliphatic carbocycles. The van der Waals surface area contributed by atoms with Crippen molar-refractivity contribution in [2.75, 3.05) is 5.73 Å². The highest BCUT2D eigenvalue weighted by Gasteiger charge is 2.09. The Kier molecular flexibility index (Phi) is 2.93. The molecule has 4 nitrogen and oxygen atoms in total. The molecule has 0 unspecified atom stereocenters. The Morgan fingerprint density at radius 2 is 1.89 bits per heavy atom. The van der Waals surface area contributed by atoms with Crippen LogP contribution in [0.15, 0.2) is 48.7 Å². The third kappa shape index (κ3) is 2.30. The number of hydrogen-bond acceptors (Lipinski definition) is 4. The average molecular weight is 272 g/mol. The summed E-state index contributed by atoms with van der Waals surface area (Å²) in [5.41, 5.74) is 7.07. The van der Waals surface area contributed by atoms with Crippen molar-refractivity contribution in [3.8, 4) is 11.8 Å². The number of para-hydroxylation sites is 2. The smallest absolute Gasteiger partial charge is 0.322 e. The molecule has 3 aromatic rings. The lowest BCUT2D eigenvalue weighted by atomic mass is 10.2. The van der Waals surface area contributed by atoms with Crippen LogP contribution in [-0.2, 0) is 0 Å². The SMILES string of the molecule is Nc1cccc(Cl)c1Oc1ncc2ccccc2n1. The molecule has 0 radical (unpaired) electrons. The van der Waals surface area contributed by atoms with E-state index in [0.717, 1.165) is 10.9 Å². The maximum atomic E-state index is 6.04. The second kappa shape index (κ2) is 4.74. The third-order valence-corrected chi connectivity index (χ3v) is 2.96. The summed E-state index contributed by atoms with van der Waals surface area (Å²) in [5.74, 6) is 0.374. The number of fused-ring (bicyclic) bond motifs is 1. The molecular weight excluding hydrogens is 262 g/mol. The van der Waals surface area contributed by atoms with Crippen molar-refractivity contribution >= 4 is 28.2 Å². The Balaban J connectivity index is 2.01. The molecular formula is C14H10ClN3O. The fraction of sp³-hybridized carbons (Fsp3) is 0. The Labute approximate surface area is 114 Å². The van der Waals surface area contributed by atoms with Crippen molar-refractivity contribution in [1.29, 1.82) is 0 Å². The van der Waals surface area contributed by atoms with E-state index in [1.165, 1.54) is 0 Å². The molecule has 0 fully saturated rings. The average Bonchev–Trinajstić information content (AvgIpc) is 2.43. The number of hydrogen-bond donors (Lipinski definition) is 1. The molecule has 0 saturated carbocycles. The number of anilines is 1. The van der Waals surface area contributed by atoms with Crippen molar-refractivity contribution in [2.45, 2.75) is 0 Å². The van der Waals surface area contributed by atoms with Gasteiger partial charge in [-0.3, -0.25) is 0 Å². The molecule has 0 spiro atoms. The predicted octanol–water partition coefficient (Wildman–Crippen LogP) is 3.66. The van der Waals surface area contributed by atoms with Crippen LogP contribution < -0.4 is 10.5 Å². The van der Waals surface area contributed by atoms with Crippen LogP contribution >= 0.6 is 11.6 Å². The molecule has 2 N–H and O–H groups in total. The van der Waals surface area contributed by atoms with Crippen molar-refractivity contribution in [1.82, 2.24) is 9.97 Å². The molecule has 19 heavy (non-hydrogen) atoms. The molecule has 0 atom stereocenters. The monoisotopic (exact) mass is 271 g/mol. The summed E-state index contributed by atoms with van der Waals surface area (Å²) in [6.07, 6.45) is 1.70. The van der Waals surface area contributed by atoms with Crippen LogP contribution in [0.3, 0.4) is 0 Å². The van der Waals surface area contributed by atoms with Gasteiger partial charge in [-0.25, -0.2) is 4.98 Å². The lowest BCUT2D eigenvalue weighted by molar-refractivity contribution is 0.446. The van der Waals surface area contributed by atoms with Crippen molar-refractivity contribution in [3.05, 3.63) is 53.7 Å². The highest BCUT2D eigenvalue weighted by molar-refractivity contribution is 6.32. The normalized spacial score (nSPS) is 10.6. The molecule has 2 aromatic carbocycles. The first-order valence-electron chi connectivity index (χ1n) is 5.67. The Bertz CT molecular complexity index is 725. The Morgan fingerprint density at radius 1 is 1.05 bits per heavy atom. The Hall–Kier alpha value is -2.33. The van der Waals surface area contributed by atoms with E-state index < -0.39 is 0 Å². The number of nitrogens with two attached hydrogens (primary N) is 1. The van der Waals surface area contributed by atoms with E-state index in [4.69, 9.17) is 22.1 Å². The van der Waals surface area contributed by atoms with Gasteiger partial charge in [-0.05, 0) is 18.2 Å². The summed E-state index contributed by atoms with van der Waals surface area (Å²) in [4.78, 5) is 8.44. The number of rotatable bonds is 2. The van der Waals surface area contributed by atoms with Gasteiger partial charge in [0.25, 0.3) is 0 Å². The van der Waals surface area contributed by atoms with Gasteiger partial charge in [0.15, 0.2) is 5.75 Å². The zero-order valence-corrected chi connectivity index (χ0v) is 10.6. The molecule has 0 amide bonds. The highest BCUT2D eigenvalue weighted by atomic mass is 35.5. The van der Waals surface area contributed by atoms with E-state index in [0.29, 0.717) is 16.5 Å². The summed E-state index contributed by atoms with van der Waals surface area (Å²) >= 11 is 6.04. The molecule has 0 aliphatic rings. The predicted molar refractivity (Wildman–Crippen MR) is 75.5 cm³/mol. The van der Waals surface area contributed by atoms with Crippen LogP contribution in [0.2, 0.25) is 5.02 Å². The van der Waals surface area contributed by atoms with Gasteiger partial charge in [0.1, 0.15) is 0 Å². The number of halogens is 1. The number of nitrogen functional groups attached to an aromatic ring is 1. The van der Waals surface area contributed by atoms with E-state index in [2.05, 4.69) is 9.97 Å². The van der Waals surface area contributed by atoms with Crippen LogP contribution in [0, 0.1) is 0 Å². The van der Waals surface area contributed by atoms with Crippen LogP contribution in [-0.4, -0.2) is 9.97 Å². The number of ether oxygens (including phenoxy) is 1. The van der Waals surface area contributed by atoms with Gasteiger partial charge < -0.3 is 10.5 Å². The van der Waals surface area contributed by atoms with Gasteiger partial charge in [-0.1, -0.05) is 35.9 Å². The molecule has 1 heterocycles. The first kappa shape index (κ1) is 11.7. The van der Waals surface area contributed by atoms with Crippen molar-refractivity contribution in [3.63, 3.8) is 0 Å². The zero-order chi connectivity index (χ0) is 13.2. The topological polar surface area (TPSA) is 61.0 Å². The van der Waals surface area contributed by atoms with Gasteiger partial charge >= 0.3 is 6.01 Å². The minimum absolute atomic E-state index is 0.221. The van der Waals surface area contributed by atoms with E-state index in [1.807, 2.05) is 24.3 Å². The number of nitrogens with zero attached hydrogens (tertiary/aromatic N) is 2. The Morgan fingerprint density at radius 3 is 2.74 bits per heavy atom. The van der Waals surface area contributed by atoms with Crippen LogP contribution in [0.4, 0.5) is 5.69 Å². The standard InChI is InChI=1S/C14H10ClN3O/c15-10-5-3-6-11(16)13(10)19-14-17-8-9-4-1-2-7-12(9)18-14/h1-8H,16H2. The molecule has 0 bridgehead atoms. The lowest BCUT2D eigenvalue weighted by Gasteiger charge is -2.08. The second-order valence-corrected chi connectivity index (χ2v) is 4.38. The van der Waals surface area contributed by atoms with Crippen molar-refractivity contribution in [2.24, 2.45) is 0 Å².